The molecule has 1 aliphatic carbocycles. The Labute approximate surface area is 251 Å². The molecule has 2 heterocycles. The molecule has 1 aliphatic heterocycles. The first-order valence-corrected chi connectivity index (χ1v) is 15.5. The summed E-state index contributed by atoms with van der Waals surface area (Å²) >= 11 is 0. The summed E-state index contributed by atoms with van der Waals surface area (Å²) in [5.74, 6) is 0.912. The van der Waals surface area contributed by atoms with Crippen LogP contribution in [-0.2, 0) is 11.3 Å². The van der Waals surface area contributed by atoms with Crippen molar-refractivity contribution in [1.82, 2.24) is 30.8 Å². The standard InChI is InChI=1S/C33H51N7O2/c1-30(2,3)17-16-26(22-10-12-23(13-11-22)28(41)34-21-27-36-38-39-37-27)40-29(42)25(20-31(4,5)6)35-33(40)18-14-24(15-19-33)32(7,8)9/h10-13,24,26H,14-21H2,1-9H3,(H,34,41)(H,36,37,38,39)/t24?,26-,33?/m1/s1. The van der Waals surface area contributed by atoms with Crippen molar-refractivity contribution < 1.29 is 9.59 Å². The molecule has 230 valence electrons. The van der Waals surface area contributed by atoms with E-state index in [9.17, 15) is 9.59 Å². The molecule has 0 bridgehead atoms. The van der Waals surface area contributed by atoms with Crippen LogP contribution in [0.5, 0.6) is 0 Å². The minimum absolute atomic E-state index is 0.0360. The summed E-state index contributed by atoms with van der Waals surface area (Å²) in [6.07, 6.45) is 6.35. The molecule has 1 fully saturated rings. The summed E-state index contributed by atoms with van der Waals surface area (Å²) in [7, 11) is 0. The quantitative estimate of drug-likeness (QED) is 0.364. The van der Waals surface area contributed by atoms with Crippen molar-refractivity contribution >= 4 is 17.5 Å². The first kappa shape index (κ1) is 31.8. The fourth-order valence-electron chi connectivity index (χ4n) is 6.42. The highest BCUT2D eigenvalue weighted by Crippen LogP contribution is 2.50. The second kappa shape index (κ2) is 11.9. The highest BCUT2D eigenvalue weighted by atomic mass is 16.2. The van der Waals surface area contributed by atoms with Gasteiger partial charge in [-0.1, -0.05) is 79.7 Å². The van der Waals surface area contributed by atoms with E-state index in [1.54, 1.807) is 0 Å². The molecule has 0 unspecified atom stereocenters. The topological polar surface area (TPSA) is 116 Å². The van der Waals surface area contributed by atoms with Crippen LogP contribution in [0.1, 0.15) is 135 Å². The van der Waals surface area contributed by atoms with Gasteiger partial charge in [-0.15, -0.1) is 10.2 Å². The maximum Gasteiger partial charge on any atom is 0.270 e. The minimum Gasteiger partial charge on any atom is -0.345 e. The number of carbonyl (C=O) groups excluding carboxylic acids is 2. The number of aromatic amines is 1. The largest absolute Gasteiger partial charge is 0.345 e. The molecule has 2 aromatic rings. The fraction of sp³-hybridized carbons (Fsp3) is 0.697. The van der Waals surface area contributed by atoms with Gasteiger partial charge in [0.25, 0.3) is 11.8 Å². The predicted octanol–water partition coefficient (Wildman–Crippen LogP) is 6.65. The number of aromatic nitrogens is 4. The number of tetrazole rings is 1. The highest BCUT2D eigenvalue weighted by molar-refractivity contribution is 6.40. The van der Waals surface area contributed by atoms with Crippen LogP contribution >= 0.6 is 0 Å². The number of benzene rings is 1. The SMILES string of the molecule is CC(C)(C)CC[C@H](c1ccc(C(=O)NCc2nn[nH]n2)cc1)N1C(=O)C(CC(C)(C)C)=NC12CCC(C(C)(C)C)CC2. The first-order chi connectivity index (χ1) is 19.5. The van der Waals surface area contributed by atoms with E-state index in [0.29, 0.717) is 23.7 Å². The van der Waals surface area contributed by atoms with Gasteiger partial charge in [-0.2, -0.15) is 5.21 Å². The first-order valence-electron chi connectivity index (χ1n) is 15.5. The molecule has 42 heavy (non-hydrogen) atoms. The van der Waals surface area contributed by atoms with Gasteiger partial charge in [0.15, 0.2) is 5.82 Å². The molecule has 1 aromatic carbocycles. The van der Waals surface area contributed by atoms with Crippen molar-refractivity contribution in [2.45, 2.75) is 126 Å². The van der Waals surface area contributed by atoms with Crippen LogP contribution in [0, 0.1) is 22.2 Å². The normalized spacial score (nSPS) is 22.4. The number of hydrogen-bond acceptors (Lipinski definition) is 6. The second-order valence-corrected chi connectivity index (χ2v) is 15.8. The molecule has 1 aromatic heterocycles. The van der Waals surface area contributed by atoms with Crippen LogP contribution < -0.4 is 5.32 Å². The Hall–Kier alpha value is -3.10. The van der Waals surface area contributed by atoms with Gasteiger partial charge in [0.05, 0.1) is 12.6 Å². The molecule has 1 atom stereocenters. The maximum atomic E-state index is 14.4. The fourth-order valence-corrected chi connectivity index (χ4v) is 6.42. The Balaban J connectivity index is 1.66. The van der Waals surface area contributed by atoms with E-state index < -0.39 is 5.66 Å². The lowest BCUT2D eigenvalue weighted by Gasteiger charge is -2.48. The van der Waals surface area contributed by atoms with Crippen molar-refractivity contribution in [3.8, 4) is 0 Å². The number of carbonyl (C=O) groups is 2. The van der Waals surface area contributed by atoms with E-state index in [0.717, 1.165) is 49.8 Å². The van der Waals surface area contributed by atoms with Gasteiger partial charge >= 0.3 is 0 Å². The van der Waals surface area contributed by atoms with Crippen molar-refractivity contribution in [3.63, 3.8) is 0 Å². The van der Waals surface area contributed by atoms with Crippen LogP contribution in [0.4, 0.5) is 0 Å². The van der Waals surface area contributed by atoms with E-state index in [4.69, 9.17) is 4.99 Å². The van der Waals surface area contributed by atoms with E-state index in [1.165, 1.54) is 0 Å². The lowest BCUT2D eigenvalue weighted by atomic mass is 9.69. The molecule has 2 aliphatic rings. The molecular formula is C33H51N7O2. The van der Waals surface area contributed by atoms with Gasteiger partial charge in [0.1, 0.15) is 11.4 Å². The third-order valence-electron chi connectivity index (χ3n) is 8.80. The van der Waals surface area contributed by atoms with Gasteiger partial charge in [-0.25, -0.2) is 0 Å². The molecule has 9 nitrogen and oxygen atoms in total. The van der Waals surface area contributed by atoms with Crippen LogP contribution in [0.25, 0.3) is 0 Å². The van der Waals surface area contributed by atoms with Crippen molar-refractivity contribution in [3.05, 3.63) is 41.2 Å². The summed E-state index contributed by atoms with van der Waals surface area (Å²) in [6, 6.07) is 7.61. The number of H-pyrrole nitrogens is 1. The van der Waals surface area contributed by atoms with E-state index in [2.05, 4.69) is 93.2 Å². The number of aliphatic imine (C=N–C) groups is 1. The molecule has 2 amide bonds. The van der Waals surface area contributed by atoms with Gasteiger partial charge in [-0.3, -0.25) is 14.6 Å². The lowest BCUT2D eigenvalue weighted by Crippen LogP contribution is -2.51. The van der Waals surface area contributed by atoms with E-state index in [-0.39, 0.29) is 40.6 Å². The summed E-state index contributed by atoms with van der Waals surface area (Å²) in [5, 5.41) is 16.5. The average Bonchev–Trinajstić information content (AvgIpc) is 3.49. The van der Waals surface area contributed by atoms with Crippen LogP contribution in [0.2, 0.25) is 0 Å². The third kappa shape index (κ3) is 7.64. The smallest absolute Gasteiger partial charge is 0.270 e. The predicted molar refractivity (Wildman–Crippen MR) is 166 cm³/mol. The van der Waals surface area contributed by atoms with Gasteiger partial charge in [0, 0.05) is 5.56 Å². The summed E-state index contributed by atoms with van der Waals surface area (Å²) in [5.41, 5.74) is 2.12. The molecule has 0 saturated heterocycles. The van der Waals surface area contributed by atoms with E-state index in [1.807, 2.05) is 24.3 Å². The molecule has 0 radical (unpaired) electrons. The summed E-state index contributed by atoms with van der Waals surface area (Å²) in [4.78, 5) is 34.7. The Bertz CT molecular complexity index is 1250. The zero-order valence-corrected chi connectivity index (χ0v) is 27.2. The summed E-state index contributed by atoms with van der Waals surface area (Å²) in [6.45, 7) is 20.4. The highest BCUT2D eigenvalue weighted by Gasteiger charge is 2.52. The number of amides is 2. The molecule has 1 spiro atoms. The monoisotopic (exact) mass is 577 g/mol. The zero-order chi connectivity index (χ0) is 30.9. The lowest BCUT2D eigenvalue weighted by molar-refractivity contribution is -0.134. The maximum absolute atomic E-state index is 14.4. The van der Waals surface area contributed by atoms with Crippen LogP contribution in [-0.4, -0.2) is 48.7 Å². The zero-order valence-electron chi connectivity index (χ0n) is 27.2. The van der Waals surface area contributed by atoms with Crippen molar-refractivity contribution in [2.75, 3.05) is 0 Å². The average molecular weight is 578 g/mol. The van der Waals surface area contributed by atoms with Gasteiger partial charge < -0.3 is 10.2 Å². The Morgan fingerprint density at radius 1 is 1.02 bits per heavy atom. The molecule has 2 N–H and O–H groups in total. The number of nitrogens with one attached hydrogen (secondary N) is 2. The Morgan fingerprint density at radius 3 is 2.19 bits per heavy atom. The van der Waals surface area contributed by atoms with Gasteiger partial charge in [-0.05, 0) is 84.8 Å². The Morgan fingerprint density at radius 2 is 1.67 bits per heavy atom. The van der Waals surface area contributed by atoms with E-state index >= 15 is 0 Å². The number of hydrogen-bond donors (Lipinski definition) is 2. The number of rotatable bonds is 8. The van der Waals surface area contributed by atoms with Crippen LogP contribution in [0.15, 0.2) is 29.3 Å². The second-order valence-electron chi connectivity index (χ2n) is 15.8. The Kier molecular flexibility index (Phi) is 9.00. The van der Waals surface area contributed by atoms with Crippen molar-refractivity contribution in [2.24, 2.45) is 27.2 Å². The molecule has 1 saturated carbocycles. The molecular weight excluding hydrogens is 526 g/mol. The van der Waals surface area contributed by atoms with Crippen molar-refractivity contribution in [1.29, 1.82) is 0 Å². The number of nitrogens with zero attached hydrogens (tertiary/aromatic N) is 5. The molecule has 4 rings (SSSR count). The van der Waals surface area contributed by atoms with Gasteiger partial charge in [0.2, 0.25) is 0 Å². The summed E-state index contributed by atoms with van der Waals surface area (Å²) < 4.78 is 0. The van der Waals surface area contributed by atoms with Crippen LogP contribution in [0.3, 0.4) is 0 Å². The molecule has 9 heteroatoms. The third-order valence-corrected chi connectivity index (χ3v) is 8.80. The minimum atomic E-state index is -0.511.